The maximum atomic E-state index is 12.6. The van der Waals surface area contributed by atoms with Crippen LogP contribution in [0, 0.1) is 6.92 Å². The van der Waals surface area contributed by atoms with Crippen LogP contribution in [0.2, 0.25) is 5.02 Å². The minimum absolute atomic E-state index is 0.0198. The Morgan fingerprint density at radius 2 is 1.95 bits per heavy atom. The summed E-state index contributed by atoms with van der Waals surface area (Å²) in [4.78, 5) is 14.0. The van der Waals surface area contributed by atoms with Gasteiger partial charge in [0, 0.05) is 18.2 Å². The van der Waals surface area contributed by atoms with E-state index in [0.29, 0.717) is 12.1 Å². The molecule has 2 N–H and O–H groups in total. The molecule has 0 saturated carbocycles. The number of carbonyl (C=O) groups is 1. The number of carbonyl (C=O) groups excluding carboxylic acids is 1. The molecule has 0 bridgehead atoms. The highest BCUT2D eigenvalue weighted by Gasteiger charge is 2.22. The molecule has 0 radical (unpaired) electrons. The minimum atomic E-state index is -3.97. The van der Waals surface area contributed by atoms with Gasteiger partial charge in [-0.05, 0) is 44.9 Å². The lowest BCUT2D eigenvalue weighted by Crippen LogP contribution is -2.37. The molecule has 0 spiro atoms. The summed E-state index contributed by atoms with van der Waals surface area (Å²) in [7, 11) is -3.97. The number of rotatable bonds is 5. The van der Waals surface area contributed by atoms with E-state index in [2.05, 4.69) is 0 Å². The number of aryl methyl sites for hydroxylation is 1. The summed E-state index contributed by atoms with van der Waals surface area (Å²) in [6.45, 7) is 8.05. The van der Waals surface area contributed by atoms with Crippen molar-refractivity contribution in [2.24, 2.45) is 5.14 Å². The number of hydrogen-bond acceptors (Lipinski definition) is 3. The Labute approximate surface area is 131 Å². The van der Waals surface area contributed by atoms with E-state index in [1.54, 1.807) is 17.9 Å². The van der Waals surface area contributed by atoms with Crippen molar-refractivity contribution in [3.63, 3.8) is 0 Å². The Kier molecular flexibility index (Phi) is 5.78. The summed E-state index contributed by atoms with van der Waals surface area (Å²) in [6, 6.07) is 2.86. The standard InChI is InChI=1S/C14H21ClN2O3S/c1-5-6-17(9(2)3)14(18)11-7-10(4)13(15)12(8-11)21(16,19)20/h7-9H,5-6H2,1-4H3,(H2,16,19,20). The van der Waals surface area contributed by atoms with Crippen LogP contribution in [0.4, 0.5) is 0 Å². The molecule has 0 heterocycles. The summed E-state index contributed by atoms with van der Waals surface area (Å²) in [5.74, 6) is -0.225. The fourth-order valence-electron chi connectivity index (χ4n) is 2.07. The molecular weight excluding hydrogens is 312 g/mol. The largest absolute Gasteiger partial charge is 0.336 e. The second kappa shape index (κ2) is 6.77. The number of primary sulfonamides is 1. The monoisotopic (exact) mass is 332 g/mol. The van der Waals surface area contributed by atoms with Crippen LogP contribution in [0.3, 0.4) is 0 Å². The first-order valence-corrected chi connectivity index (χ1v) is 8.66. The van der Waals surface area contributed by atoms with Crippen LogP contribution >= 0.6 is 11.6 Å². The SMILES string of the molecule is CCCN(C(=O)c1cc(C)c(Cl)c(S(N)(=O)=O)c1)C(C)C. The van der Waals surface area contributed by atoms with Crippen LogP contribution in [0.15, 0.2) is 17.0 Å². The molecule has 1 rings (SSSR count). The molecule has 0 fully saturated rings. The number of halogens is 1. The van der Waals surface area contributed by atoms with E-state index in [1.807, 2.05) is 20.8 Å². The van der Waals surface area contributed by atoms with Crippen molar-refractivity contribution in [2.45, 2.75) is 45.1 Å². The summed E-state index contributed by atoms with van der Waals surface area (Å²) in [5.41, 5.74) is 0.787. The van der Waals surface area contributed by atoms with Crippen LogP contribution in [0.5, 0.6) is 0 Å². The van der Waals surface area contributed by atoms with Crippen molar-refractivity contribution in [3.05, 3.63) is 28.3 Å². The van der Waals surface area contributed by atoms with E-state index < -0.39 is 10.0 Å². The highest BCUT2D eigenvalue weighted by atomic mass is 35.5. The second-order valence-corrected chi connectivity index (χ2v) is 7.15. The Balaban J connectivity index is 3.38. The number of nitrogens with zero attached hydrogens (tertiary/aromatic N) is 1. The zero-order valence-electron chi connectivity index (χ0n) is 12.7. The first-order chi connectivity index (χ1) is 9.59. The molecule has 0 atom stereocenters. The number of hydrogen-bond donors (Lipinski definition) is 1. The summed E-state index contributed by atoms with van der Waals surface area (Å²) in [6.07, 6.45) is 0.818. The molecule has 1 aromatic carbocycles. The molecule has 0 unspecified atom stereocenters. The first-order valence-electron chi connectivity index (χ1n) is 6.73. The zero-order chi connectivity index (χ0) is 16.4. The van der Waals surface area contributed by atoms with Gasteiger partial charge in [0.05, 0.1) is 5.02 Å². The van der Waals surface area contributed by atoms with Crippen molar-refractivity contribution in [1.82, 2.24) is 4.90 Å². The lowest BCUT2D eigenvalue weighted by Gasteiger charge is -2.26. The fraction of sp³-hybridized carbons (Fsp3) is 0.500. The highest BCUT2D eigenvalue weighted by Crippen LogP contribution is 2.26. The number of amides is 1. The van der Waals surface area contributed by atoms with E-state index >= 15 is 0 Å². The van der Waals surface area contributed by atoms with E-state index in [-0.39, 0.29) is 27.4 Å². The molecule has 118 valence electrons. The van der Waals surface area contributed by atoms with Crippen molar-refractivity contribution >= 4 is 27.5 Å². The molecule has 0 aliphatic carbocycles. The van der Waals surface area contributed by atoms with Gasteiger partial charge in [-0.2, -0.15) is 0 Å². The van der Waals surface area contributed by atoms with Gasteiger partial charge in [0.1, 0.15) is 4.90 Å². The van der Waals surface area contributed by atoms with Crippen LogP contribution in [0.1, 0.15) is 43.1 Å². The quantitative estimate of drug-likeness (QED) is 0.899. The highest BCUT2D eigenvalue weighted by molar-refractivity contribution is 7.89. The number of nitrogens with two attached hydrogens (primary N) is 1. The second-order valence-electron chi connectivity index (χ2n) is 5.24. The summed E-state index contributed by atoms with van der Waals surface area (Å²) >= 11 is 5.97. The van der Waals surface area contributed by atoms with E-state index in [9.17, 15) is 13.2 Å². The van der Waals surface area contributed by atoms with Gasteiger partial charge in [-0.25, -0.2) is 13.6 Å². The molecule has 7 heteroatoms. The van der Waals surface area contributed by atoms with Gasteiger partial charge in [-0.1, -0.05) is 18.5 Å². The van der Waals surface area contributed by atoms with Gasteiger partial charge in [0.15, 0.2) is 0 Å². The normalized spacial score (nSPS) is 11.8. The average Bonchev–Trinajstić information content (AvgIpc) is 2.36. The number of benzene rings is 1. The molecule has 1 aromatic rings. The van der Waals surface area contributed by atoms with Gasteiger partial charge >= 0.3 is 0 Å². The van der Waals surface area contributed by atoms with Gasteiger partial charge in [0.25, 0.3) is 5.91 Å². The lowest BCUT2D eigenvalue weighted by atomic mass is 10.1. The third-order valence-electron chi connectivity index (χ3n) is 3.12. The summed E-state index contributed by atoms with van der Waals surface area (Å²) in [5, 5.41) is 5.21. The molecule has 1 amide bonds. The van der Waals surface area contributed by atoms with Crippen LogP contribution in [-0.4, -0.2) is 31.8 Å². The molecule has 5 nitrogen and oxygen atoms in total. The number of sulfonamides is 1. The molecule has 0 aliphatic heterocycles. The molecule has 21 heavy (non-hydrogen) atoms. The van der Waals surface area contributed by atoms with Gasteiger partial charge in [-0.3, -0.25) is 4.79 Å². The fourth-order valence-corrected chi connectivity index (χ4v) is 3.20. The first kappa shape index (κ1) is 17.9. The summed E-state index contributed by atoms with van der Waals surface area (Å²) < 4.78 is 23.2. The lowest BCUT2D eigenvalue weighted by molar-refractivity contribution is 0.0705. The molecule has 0 aliphatic rings. The van der Waals surface area contributed by atoms with Crippen molar-refractivity contribution in [3.8, 4) is 0 Å². The third kappa shape index (κ3) is 4.18. The van der Waals surface area contributed by atoms with E-state index in [4.69, 9.17) is 16.7 Å². The topological polar surface area (TPSA) is 80.5 Å². The Morgan fingerprint density at radius 3 is 2.38 bits per heavy atom. The van der Waals surface area contributed by atoms with Gasteiger partial charge in [0.2, 0.25) is 10.0 Å². The molecular formula is C14H21ClN2O3S. The molecule has 0 aromatic heterocycles. The maximum absolute atomic E-state index is 12.6. The third-order valence-corrected chi connectivity index (χ3v) is 4.67. The van der Waals surface area contributed by atoms with Crippen molar-refractivity contribution in [2.75, 3.05) is 6.54 Å². The Morgan fingerprint density at radius 1 is 1.38 bits per heavy atom. The van der Waals surface area contributed by atoms with E-state index in [1.165, 1.54) is 6.07 Å². The van der Waals surface area contributed by atoms with Gasteiger partial charge in [-0.15, -0.1) is 0 Å². The predicted octanol–water partition coefficient (Wildman–Crippen LogP) is 2.56. The Hall–Kier alpha value is -1.11. The Bertz CT molecular complexity index is 642. The van der Waals surface area contributed by atoms with Crippen LogP contribution in [-0.2, 0) is 10.0 Å². The zero-order valence-corrected chi connectivity index (χ0v) is 14.3. The predicted molar refractivity (Wildman–Crippen MR) is 84.0 cm³/mol. The van der Waals surface area contributed by atoms with Crippen LogP contribution < -0.4 is 5.14 Å². The minimum Gasteiger partial charge on any atom is -0.336 e. The molecule has 0 saturated heterocycles. The van der Waals surface area contributed by atoms with Crippen LogP contribution in [0.25, 0.3) is 0 Å². The van der Waals surface area contributed by atoms with Gasteiger partial charge < -0.3 is 4.90 Å². The van der Waals surface area contributed by atoms with Crippen molar-refractivity contribution < 1.29 is 13.2 Å². The maximum Gasteiger partial charge on any atom is 0.254 e. The van der Waals surface area contributed by atoms with E-state index in [0.717, 1.165) is 6.42 Å². The average molecular weight is 333 g/mol. The van der Waals surface area contributed by atoms with Crippen molar-refractivity contribution in [1.29, 1.82) is 0 Å². The smallest absolute Gasteiger partial charge is 0.254 e.